The van der Waals surface area contributed by atoms with E-state index < -0.39 is 0 Å². The molecule has 0 aliphatic heterocycles. The van der Waals surface area contributed by atoms with Crippen molar-refractivity contribution in [3.05, 3.63) is 84.7 Å². The van der Waals surface area contributed by atoms with Crippen molar-refractivity contribution < 1.29 is 14.2 Å². The summed E-state index contributed by atoms with van der Waals surface area (Å²) in [5.74, 6) is 2.99. The van der Waals surface area contributed by atoms with Crippen molar-refractivity contribution in [2.24, 2.45) is 0 Å². The topological polar surface area (TPSA) is 58.4 Å². The van der Waals surface area contributed by atoms with Crippen LogP contribution in [-0.4, -0.2) is 41.3 Å². The Hall–Kier alpha value is -3.29. The summed E-state index contributed by atoms with van der Waals surface area (Å²) in [6.07, 6.45) is 0. The number of rotatable bonds is 10. The molecule has 0 fully saturated rings. The molecule has 0 bridgehead atoms. The first-order chi connectivity index (χ1) is 15.8. The van der Waals surface area contributed by atoms with Gasteiger partial charge in [0.1, 0.15) is 18.1 Å². The number of ether oxygens (including phenoxy) is 3. The normalized spacial score (nSPS) is 10.8. The van der Waals surface area contributed by atoms with Crippen LogP contribution >= 0.6 is 11.8 Å². The Morgan fingerprint density at radius 3 is 2.31 bits per heavy atom. The van der Waals surface area contributed by atoms with E-state index in [1.54, 1.807) is 26.0 Å². The van der Waals surface area contributed by atoms with E-state index >= 15 is 0 Å². The summed E-state index contributed by atoms with van der Waals surface area (Å²) < 4.78 is 19.0. The molecule has 0 unspecified atom stereocenters. The molecule has 0 aliphatic rings. The van der Waals surface area contributed by atoms with Crippen LogP contribution in [0.1, 0.15) is 5.82 Å². The van der Waals surface area contributed by atoms with Crippen LogP contribution in [0.5, 0.6) is 11.5 Å². The first kappa shape index (κ1) is 21.9. The molecule has 0 atom stereocenters. The molecule has 164 valence electrons. The average molecular weight is 448 g/mol. The fourth-order valence-corrected chi connectivity index (χ4v) is 4.22. The van der Waals surface area contributed by atoms with E-state index in [9.17, 15) is 0 Å². The highest BCUT2D eigenvalue weighted by molar-refractivity contribution is 7.99. The molecule has 0 spiro atoms. The number of hydrogen-bond donors (Lipinski definition) is 0. The third kappa shape index (κ3) is 4.95. The zero-order valence-corrected chi connectivity index (χ0v) is 18.9. The minimum Gasteiger partial charge on any atom is -0.495 e. The summed E-state index contributed by atoms with van der Waals surface area (Å²) in [4.78, 5) is 0. The molecule has 0 radical (unpaired) electrons. The van der Waals surface area contributed by atoms with E-state index in [1.165, 1.54) is 0 Å². The molecule has 0 saturated carbocycles. The maximum absolute atomic E-state index is 6.25. The fourth-order valence-electron chi connectivity index (χ4n) is 3.35. The molecule has 0 N–H and O–H groups in total. The quantitative estimate of drug-likeness (QED) is 0.244. The highest BCUT2D eigenvalue weighted by Crippen LogP contribution is 2.32. The van der Waals surface area contributed by atoms with Crippen LogP contribution in [0.3, 0.4) is 0 Å². The van der Waals surface area contributed by atoms with Crippen LogP contribution in [-0.2, 0) is 11.3 Å². The number of aromatic nitrogens is 3. The molecule has 0 saturated heterocycles. The fraction of sp³-hybridized carbons (Fsp3) is 0.200. The lowest BCUT2D eigenvalue weighted by atomic mass is 10.1. The van der Waals surface area contributed by atoms with Gasteiger partial charge in [0.15, 0.2) is 11.0 Å². The van der Waals surface area contributed by atoms with Crippen molar-refractivity contribution in [3.63, 3.8) is 0 Å². The molecule has 4 aromatic rings. The lowest BCUT2D eigenvalue weighted by Gasteiger charge is -2.15. The van der Waals surface area contributed by atoms with Gasteiger partial charge in [-0.2, -0.15) is 0 Å². The summed E-state index contributed by atoms with van der Waals surface area (Å²) in [5.41, 5.74) is 3.01. The monoisotopic (exact) mass is 447 g/mol. The van der Waals surface area contributed by atoms with E-state index in [2.05, 4.69) is 28.4 Å². The van der Waals surface area contributed by atoms with Gasteiger partial charge < -0.3 is 14.2 Å². The minimum atomic E-state index is 0.264. The van der Waals surface area contributed by atoms with Gasteiger partial charge in [0.25, 0.3) is 0 Å². The van der Waals surface area contributed by atoms with Gasteiger partial charge >= 0.3 is 0 Å². The predicted octanol–water partition coefficient (Wildman–Crippen LogP) is 5.26. The second-order valence-corrected chi connectivity index (χ2v) is 7.96. The van der Waals surface area contributed by atoms with Crippen LogP contribution in [0.4, 0.5) is 0 Å². The highest BCUT2D eigenvalue weighted by Gasteiger charge is 2.18. The lowest BCUT2D eigenvalue weighted by Crippen LogP contribution is -2.08. The van der Waals surface area contributed by atoms with Crippen molar-refractivity contribution in [2.45, 2.75) is 11.8 Å². The number of methoxy groups -OCH3 is 2. The first-order valence-electron chi connectivity index (χ1n) is 10.3. The maximum Gasteiger partial charge on any atom is 0.196 e. The zero-order valence-electron chi connectivity index (χ0n) is 18.1. The lowest BCUT2D eigenvalue weighted by molar-refractivity contribution is 0.218. The van der Waals surface area contributed by atoms with Gasteiger partial charge in [0.05, 0.1) is 19.4 Å². The number of nitrogens with zero attached hydrogens (tertiary/aromatic N) is 3. The Morgan fingerprint density at radius 1 is 0.812 bits per heavy atom. The van der Waals surface area contributed by atoms with E-state index in [4.69, 9.17) is 14.2 Å². The van der Waals surface area contributed by atoms with Crippen molar-refractivity contribution >= 4 is 11.8 Å². The molecule has 1 heterocycles. The van der Waals surface area contributed by atoms with E-state index in [0.717, 1.165) is 39.2 Å². The van der Waals surface area contributed by atoms with Crippen molar-refractivity contribution in [2.75, 3.05) is 26.6 Å². The Kier molecular flexibility index (Phi) is 7.42. The van der Waals surface area contributed by atoms with Gasteiger partial charge in [0, 0.05) is 18.4 Å². The summed E-state index contributed by atoms with van der Waals surface area (Å²) in [6.45, 7) is 0.888. The summed E-state index contributed by atoms with van der Waals surface area (Å²) in [7, 11) is 3.35. The molecule has 32 heavy (non-hydrogen) atoms. The Morgan fingerprint density at radius 2 is 1.53 bits per heavy atom. The van der Waals surface area contributed by atoms with Crippen molar-refractivity contribution in [1.29, 1.82) is 0 Å². The molecular weight excluding hydrogens is 422 g/mol. The molecule has 0 aliphatic carbocycles. The molecule has 0 amide bonds. The van der Waals surface area contributed by atoms with Crippen LogP contribution in [0.25, 0.3) is 16.8 Å². The SMILES string of the molecule is COCCSc1nnc(COc2ccccc2-c2ccccc2)n1-c1ccccc1OC. The van der Waals surface area contributed by atoms with Crippen LogP contribution in [0, 0.1) is 0 Å². The molecule has 3 aromatic carbocycles. The predicted molar refractivity (Wildman–Crippen MR) is 127 cm³/mol. The second kappa shape index (κ2) is 10.8. The van der Waals surface area contributed by atoms with E-state index in [-0.39, 0.29) is 6.61 Å². The maximum atomic E-state index is 6.25. The Labute approximate surface area is 192 Å². The summed E-state index contributed by atoms with van der Waals surface area (Å²) >= 11 is 1.58. The van der Waals surface area contributed by atoms with E-state index in [0.29, 0.717) is 12.4 Å². The Bertz CT molecular complexity index is 1150. The van der Waals surface area contributed by atoms with Gasteiger partial charge in [-0.05, 0) is 23.8 Å². The average Bonchev–Trinajstić information content (AvgIpc) is 3.26. The standard InChI is InChI=1S/C25H25N3O3S/c1-29-16-17-32-25-27-26-24(28(25)21-13-7-9-15-23(21)30-2)18-31-22-14-8-6-12-20(22)19-10-4-3-5-11-19/h3-15H,16-18H2,1-2H3. The smallest absolute Gasteiger partial charge is 0.196 e. The Balaban J connectivity index is 1.65. The van der Waals surface area contributed by atoms with Gasteiger partial charge in [-0.1, -0.05) is 72.4 Å². The van der Waals surface area contributed by atoms with E-state index in [1.807, 2.05) is 65.2 Å². The minimum absolute atomic E-state index is 0.264. The third-order valence-electron chi connectivity index (χ3n) is 4.87. The van der Waals surface area contributed by atoms with Gasteiger partial charge in [-0.3, -0.25) is 4.57 Å². The highest BCUT2D eigenvalue weighted by atomic mass is 32.2. The van der Waals surface area contributed by atoms with Crippen molar-refractivity contribution in [3.8, 4) is 28.3 Å². The largest absolute Gasteiger partial charge is 0.495 e. The van der Waals surface area contributed by atoms with Gasteiger partial charge in [0.2, 0.25) is 0 Å². The van der Waals surface area contributed by atoms with Crippen molar-refractivity contribution in [1.82, 2.24) is 14.8 Å². The summed E-state index contributed by atoms with van der Waals surface area (Å²) in [5, 5.41) is 9.62. The number of hydrogen-bond acceptors (Lipinski definition) is 6. The number of benzene rings is 3. The summed E-state index contributed by atoms with van der Waals surface area (Å²) in [6, 6.07) is 26.0. The third-order valence-corrected chi connectivity index (χ3v) is 5.77. The number of thioether (sulfide) groups is 1. The molecule has 6 nitrogen and oxygen atoms in total. The number of para-hydroxylation sites is 3. The molecule has 1 aromatic heterocycles. The molecule has 7 heteroatoms. The first-order valence-corrected chi connectivity index (χ1v) is 11.3. The molecule has 4 rings (SSSR count). The molecular formula is C25H25N3O3S. The second-order valence-electron chi connectivity index (χ2n) is 6.90. The van der Waals surface area contributed by atoms with Crippen LogP contribution in [0.2, 0.25) is 0 Å². The van der Waals surface area contributed by atoms with Gasteiger partial charge in [-0.15, -0.1) is 10.2 Å². The van der Waals surface area contributed by atoms with Crippen LogP contribution in [0.15, 0.2) is 84.0 Å². The van der Waals surface area contributed by atoms with Gasteiger partial charge in [-0.25, -0.2) is 0 Å². The van der Waals surface area contributed by atoms with Crippen LogP contribution < -0.4 is 9.47 Å². The zero-order chi connectivity index (χ0) is 22.2.